The summed E-state index contributed by atoms with van der Waals surface area (Å²) in [6, 6.07) is -1.44. The average molecular weight is 486 g/mol. The molecule has 0 aromatic rings. The number of nitriles is 1. The summed E-state index contributed by atoms with van der Waals surface area (Å²) in [5.41, 5.74) is -1.05. The van der Waals surface area contributed by atoms with Crippen LogP contribution in [-0.4, -0.2) is 65.9 Å². The van der Waals surface area contributed by atoms with Crippen LogP contribution in [0.15, 0.2) is 0 Å². The van der Waals surface area contributed by atoms with Crippen molar-refractivity contribution in [1.82, 2.24) is 20.9 Å². The molecule has 7 atom stereocenters. The van der Waals surface area contributed by atoms with E-state index >= 15 is 0 Å². The fraction of sp³-hybridized carbons (Fsp3) is 0.773. The van der Waals surface area contributed by atoms with Crippen LogP contribution >= 0.6 is 0 Å². The van der Waals surface area contributed by atoms with E-state index in [1.165, 1.54) is 25.7 Å². The highest BCUT2D eigenvalue weighted by molar-refractivity contribution is 5.94. The van der Waals surface area contributed by atoms with Crippen molar-refractivity contribution in [2.75, 3.05) is 13.1 Å². The molecule has 188 valence electrons. The molecule has 2 saturated heterocycles. The van der Waals surface area contributed by atoms with E-state index in [2.05, 4.69) is 10.6 Å². The Morgan fingerprint density at radius 2 is 1.88 bits per heavy atom. The Balaban J connectivity index is 1.77. The largest absolute Gasteiger partial charge is 0.471 e. The van der Waals surface area contributed by atoms with Crippen LogP contribution in [0.4, 0.5) is 13.2 Å². The summed E-state index contributed by atoms with van der Waals surface area (Å²) in [6.45, 7) is 7.19. The number of nitrogens with one attached hydrogen (secondary N) is 3. The molecule has 0 aromatic heterocycles. The maximum atomic E-state index is 13.4. The van der Waals surface area contributed by atoms with Crippen molar-refractivity contribution in [3.8, 4) is 6.07 Å². The minimum Gasteiger partial charge on any atom is -0.356 e. The SMILES string of the molecule is CC1[C@H]2[C@@H]1CN(C(=O)[C@@H](NC(=O)C(F)(F)F)C(C)(C)C)[C@@H]2C(=O)N[C@H](C#N)C[C@@H]1CCNC1=O. The molecule has 34 heavy (non-hydrogen) atoms. The fourth-order valence-electron chi connectivity index (χ4n) is 5.06. The third-order valence-electron chi connectivity index (χ3n) is 7.10. The molecule has 1 unspecified atom stereocenters. The Morgan fingerprint density at radius 3 is 2.38 bits per heavy atom. The van der Waals surface area contributed by atoms with Gasteiger partial charge in [0.15, 0.2) is 0 Å². The summed E-state index contributed by atoms with van der Waals surface area (Å²) in [6.07, 6.45) is -4.48. The summed E-state index contributed by atoms with van der Waals surface area (Å²) in [5, 5.41) is 16.6. The van der Waals surface area contributed by atoms with Crippen LogP contribution in [0.2, 0.25) is 0 Å². The second-order valence-electron chi connectivity index (χ2n) is 10.5. The minimum absolute atomic E-state index is 0.0137. The molecule has 0 spiro atoms. The summed E-state index contributed by atoms with van der Waals surface area (Å²) in [5.74, 6) is -4.19. The van der Waals surface area contributed by atoms with Crippen LogP contribution in [0.3, 0.4) is 0 Å². The lowest BCUT2D eigenvalue weighted by Gasteiger charge is -2.37. The second kappa shape index (κ2) is 9.07. The van der Waals surface area contributed by atoms with E-state index in [4.69, 9.17) is 0 Å². The van der Waals surface area contributed by atoms with Crippen molar-refractivity contribution in [2.24, 2.45) is 29.1 Å². The molecule has 0 bridgehead atoms. The van der Waals surface area contributed by atoms with Crippen LogP contribution in [0, 0.1) is 40.4 Å². The first kappa shape index (κ1) is 25.8. The topological polar surface area (TPSA) is 131 Å². The molecule has 12 heteroatoms. The number of fused-ring (bicyclic) bond motifs is 1. The molecule has 0 aromatic carbocycles. The fourth-order valence-corrected chi connectivity index (χ4v) is 5.06. The van der Waals surface area contributed by atoms with E-state index < -0.39 is 53.4 Å². The molecule has 3 N–H and O–H groups in total. The highest BCUT2D eigenvalue weighted by Crippen LogP contribution is 2.55. The lowest BCUT2D eigenvalue weighted by Crippen LogP contribution is -2.60. The van der Waals surface area contributed by atoms with Gasteiger partial charge in [-0.15, -0.1) is 0 Å². The molecule has 2 aliphatic heterocycles. The predicted molar refractivity (Wildman–Crippen MR) is 112 cm³/mol. The number of amides is 4. The van der Waals surface area contributed by atoms with Crippen LogP contribution in [0.5, 0.6) is 0 Å². The van der Waals surface area contributed by atoms with Gasteiger partial charge in [0.05, 0.1) is 6.07 Å². The number of rotatable bonds is 6. The normalized spacial score (nSPS) is 30.0. The van der Waals surface area contributed by atoms with Crippen molar-refractivity contribution < 1.29 is 32.3 Å². The number of halogens is 3. The highest BCUT2D eigenvalue weighted by atomic mass is 19.4. The summed E-state index contributed by atoms with van der Waals surface area (Å²) in [7, 11) is 0. The zero-order valence-corrected chi connectivity index (χ0v) is 19.5. The minimum atomic E-state index is -5.16. The summed E-state index contributed by atoms with van der Waals surface area (Å²) >= 11 is 0. The van der Waals surface area contributed by atoms with Crippen molar-refractivity contribution in [3.63, 3.8) is 0 Å². The maximum absolute atomic E-state index is 13.4. The Morgan fingerprint density at radius 1 is 1.24 bits per heavy atom. The van der Waals surface area contributed by atoms with Crippen LogP contribution < -0.4 is 16.0 Å². The van der Waals surface area contributed by atoms with Gasteiger partial charge in [0.1, 0.15) is 18.1 Å². The number of alkyl halides is 3. The first-order valence-corrected chi connectivity index (χ1v) is 11.3. The van der Waals surface area contributed by atoms with Gasteiger partial charge in [-0.3, -0.25) is 19.2 Å². The molecule has 3 aliphatic rings. The Bertz CT molecular complexity index is 910. The zero-order chi connectivity index (χ0) is 25.6. The van der Waals surface area contributed by atoms with Gasteiger partial charge in [0, 0.05) is 19.0 Å². The molecule has 3 rings (SSSR count). The van der Waals surface area contributed by atoms with Crippen LogP contribution in [0.25, 0.3) is 0 Å². The Labute approximate surface area is 195 Å². The van der Waals surface area contributed by atoms with E-state index in [-0.39, 0.29) is 36.6 Å². The molecular weight excluding hydrogens is 455 g/mol. The third kappa shape index (κ3) is 5.13. The first-order valence-electron chi connectivity index (χ1n) is 11.3. The van der Waals surface area contributed by atoms with Gasteiger partial charge in [-0.2, -0.15) is 18.4 Å². The first-order chi connectivity index (χ1) is 15.7. The standard InChI is InChI=1S/C22H30F3N5O4/c1-10-13-9-30(19(33)16(21(2,3)4)29-20(34)22(23,24)25)15(14(10)13)18(32)28-12(8-26)7-11-5-6-27-17(11)31/h10-16H,5-7,9H2,1-4H3,(H,27,31)(H,28,32)(H,29,34)/t10?,11-,12-,13+,14-,15-,16+/m0/s1. The van der Waals surface area contributed by atoms with Gasteiger partial charge in [0.25, 0.3) is 0 Å². The number of carbonyl (C=O) groups is 4. The number of carbonyl (C=O) groups excluding carboxylic acids is 4. The van der Waals surface area contributed by atoms with E-state index in [0.717, 1.165) is 0 Å². The number of hydrogen-bond donors (Lipinski definition) is 3. The van der Waals surface area contributed by atoms with Crippen molar-refractivity contribution >= 4 is 23.6 Å². The van der Waals surface area contributed by atoms with Crippen LogP contribution in [-0.2, 0) is 19.2 Å². The molecule has 2 heterocycles. The van der Waals surface area contributed by atoms with Crippen LogP contribution in [0.1, 0.15) is 40.5 Å². The molecular formula is C22H30F3N5O4. The number of likely N-dealkylation sites (tertiary alicyclic amines) is 1. The number of nitrogens with zero attached hydrogens (tertiary/aromatic N) is 2. The van der Waals surface area contributed by atoms with Crippen molar-refractivity contribution in [3.05, 3.63) is 0 Å². The maximum Gasteiger partial charge on any atom is 0.471 e. The van der Waals surface area contributed by atoms with Gasteiger partial charge >= 0.3 is 12.1 Å². The van der Waals surface area contributed by atoms with Gasteiger partial charge in [0.2, 0.25) is 17.7 Å². The third-order valence-corrected chi connectivity index (χ3v) is 7.10. The van der Waals surface area contributed by atoms with E-state index in [9.17, 15) is 37.6 Å². The van der Waals surface area contributed by atoms with Crippen molar-refractivity contribution in [2.45, 2.75) is 64.8 Å². The Kier molecular flexibility index (Phi) is 6.88. The highest BCUT2D eigenvalue weighted by Gasteiger charge is 2.63. The molecule has 9 nitrogen and oxygen atoms in total. The smallest absolute Gasteiger partial charge is 0.356 e. The van der Waals surface area contributed by atoms with Gasteiger partial charge in [-0.05, 0) is 36.0 Å². The monoisotopic (exact) mass is 485 g/mol. The lowest BCUT2D eigenvalue weighted by atomic mass is 9.85. The molecule has 0 radical (unpaired) electrons. The van der Waals surface area contributed by atoms with E-state index in [1.807, 2.05) is 13.0 Å². The van der Waals surface area contributed by atoms with E-state index in [1.54, 1.807) is 5.32 Å². The summed E-state index contributed by atoms with van der Waals surface area (Å²) in [4.78, 5) is 51.2. The lowest BCUT2D eigenvalue weighted by molar-refractivity contribution is -0.176. The molecule has 3 fully saturated rings. The quantitative estimate of drug-likeness (QED) is 0.510. The predicted octanol–water partition coefficient (Wildman–Crippen LogP) is 0.707. The number of piperidine rings is 1. The van der Waals surface area contributed by atoms with Gasteiger partial charge in [-0.25, -0.2) is 0 Å². The summed E-state index contributed by atoms with van der Waals surface area (Å²) < 4.78 is 38.6. The zero-order valence-electron chi connectivity index (χ0n) is 19.5. The van der Waals surface area contributed by atoms with Crippen molar-refractivity contribution in [1.29, 1.82) is 5.26 Å². The van der Waals surface area contributed by atoms with Gasteiger partial charge < -0.3 is 20.9 Å². The molecule has 1 saturated carbocycles. The van der Waals surface area contributed by atoms with Gasteiger partial charge in [-0.1, -0.05) is 27.7 Å². The molecule has 4 amide bonds. The second-order valence-corrected chi connectivity index (χ2v) is 10.5. The molecule has 1 aliphatic carbocycles. The average Bonchev–Trinajstić information content (AvgIpc) is 3.07. The Hall–Kier alpha value is -2.84. The number of hydrogen-bond acceptors (Lipinski definition) is 5. The van der Waals surface area contributed by atoms with E-state index in [0.29, 0.717) is 13.0 Å².